The van der Waals surface area contributed by atoms with E-state index >= 15 is 0 Å². The van der Waals surface area contributed by atoms with E-state index in [1.807, 2.05) is 18.2 Å². The predicted octanol–water partition coefficient (Wildman–Crippen LogP) is 3.49. The lowest BCUT2D eigenvalue weighted by atomic mass is 9.92. The molecule has 1 aromatic rings. The molecule has 0 saturated carbocycles. The second-order valence-electron chi connectivity index (χ2n) is 6.96. The van der Waals surface area contributed by atoms with Crippen LogP contribution in [-0.4, -0.2) is 42.4 Å². The van der Waals surface area contributed by atoms with Crippen LogP contribution in [0.1, 0.15) is 45.3 Å². The molecule has 1 aromatic carbocycles. The molecule has 3 nitrogen and oxygen atoms in total. The first-order chi connectivity index (χ1) is 10.6. The number of hydrogen-bond donors (Lipinski definition) is 1. The van der Waals surface area contributed by atoms with Crippen LogP contribution in [0.15, 0.2) is 30.3 Å². The average Bonchev–Trinajstić information content (AvgIpc) is 2.48. The van der Waals surface area contributed by atoms with E-state index < -0.39 is 6.10 Å². The summed E-state index contributed by atoms with van der Waals surface area (Å²) >= 11 is 0. The summed E-state index contributed by atoms with van der Waals surface area (Å²) in [4.78, 5) is 2.39. The molecular weight excluding hydrogens is 274 g/mol. The first-order valence-electron chi connectivity index (χ1n) is 8.65. The molecule has 1 heterocycles. The summed E-state index contributed by atoms with van der Waals surface area (Å²) in [6.07, 6.45) is 1.90. The van der Waals surface area contributed by atoms with Gasteiger partial charge < -0.3 is 14.7 Å². The van der Waals surface area contributed by atoms with E-state index in [1.54, 1.807) is 0 Å². The first kappa shape index (κ1) is 17.5. The van der Waals surface area contributed by atoms with Crippen LogP contribution >= 0.6 is 0 Å². The quantitative estimate of drug-likeness (QED) is 0.837. The molecule has 0 spiro atoms. The summed E-state index contributed by atoms with van der Waals surface area (Å²) in [6.45, 7) is 10.0. The molecule has 1 aliphatic rings. The molecular formula is C19H31NO2. The van der Waals surface area contributed by atoms with Crippen LogP contribution in [0, 0.1) is 11.8 Å². The summed E-state index contributed by atoms with van der Waals surface area (Å²) in [5.74, 6) is 1.45. The van der Waals surface area contributed by atoms with Gasteiger partial charge in [0.15, 0.2) is 0 Å². The van der Waals surface area contributed by atoms with Crippen LogP contribution in [0.4, 0.5) is 0 Å². The number of benzene rings is 1. The maximum atomic E-state index is 10.3. The van der Waals surface area contributed by atoms with E-state index in [1.165, 1.54) is 12.0 Å². The van der Waals surface area contributed by atoms with Crippen LogP contribution in [0.25, 0.3) is 0 Å². The molecule has 4 atom stereocenters. The molecule has 1 N–H and O–H groups in total. The zero-order chi connectivity index (χ0) is 15.9. The topological polar surface area (TPSA) is 32.7 Å². The summed E-state index contributed by atoms with van der Waals surface area (Å²) in [5.41, 5.74) is 1.19. The SMILES string of the molecule is CC[C@@H](OC[C@@H](O)CN1C[C@H](C)C[C@H](C)C1)c1ccccc1. The van der Waals surface area contributed by atoms with Crippen molar-refractivity contribution in [3.05, 3.63) is 35.9 Å². The fraction of sp³-hybridized carbons (Fsp3) is 0.684. The average molecular weight is 305 g/mol. The predicted molar refractivity (Wildman–Crippen MR) is 90.8 cm³/mol. The number of piperidine rings is 1. The normalized spacial score (nSPS) is 25.8. The minimum Gasteiger partial charge on any atom is -0.389 e. The molecule has 1 aliphatic heterocycles. The highest BCUT2D eigenvalue weighted by molar-refractivity contribution is 5.17. The third-order valence-electron chi connectivity index (χ3n) is 4.45. The zero-order valence-corrected chi connectivity index (χ0v) is 14.2. The minimum atomic E-state index is -0.407. The van der Waals surface area contributed by atoms with E-state index in [4.69, 9.17) is 4.74 Å². The van der Waals surface area contributed by atoms with E-state index in [0.717, 1.165) is 37.9 Å². The van der Waals surface area contributed by atoms with Crippen molar-refractivity contribution in [2.24, 2.45) is 11.8 Å². The van der Waals surface area contributed by atoms with Crippen molar-refractivity contribution in [2.45, 2.75) is 45.8 Å². The van der Waals surface area contributed by atoms with Gasteiger partial charge in [-0.25, -0.2) is 0 Å². The van der Waals surface area contributed by atoms with Crippen molar-refractivity contribution in [2.75, 3.05) is 26.2 Å². The standard InChI is InChI=1S/C19H31NO2/c1-4-19(17-8-6-5-7-9-17)22-14-18(21)13-20-11-15(2)10-16(3)12-20/h5-9,15-16,18-19,21H,4,10-14H2,1-3H3/t15-,16+,18-,19+/m0/s1. The van der Waals surface area contributed by atoms with Gasteiger partial charge in [-0.2, -0.15) is 0 Å². The second kappa shape index (κ2) is 8.66. The lowest BCUT2D eigenvalue weighted by Gasteiger charge is -2.36. The van der Waals surface area contributed by atoms with E-state index in [0.29, 0.717) is 6.61 Å². The Hall–Kier alpha value is -0.900. The van der Waals surface area contributed by atoms with Crippen LogP contribution in [0.3, 0.4) is 0 Å². The highest BCUT2D eigenvalue weighted by Crippen LogP contribution is 2.22. The number of rotatable bonds is 7. The number of ether oxygens (including phenoxy) is 1. The van der Waals surface area contributed by atoms with Gasteiger partial charge in [-0.1, -0.05) is 51.1 Å². The largest absolute Gasteiger partial charge is 0.389 e. The molecule has 0 unspecified atom stereocenters. The fourth-order valence-electron chi connectivity index (χ4n) is 3.64. The summed E-state index contributed by atoms with van der Waals surface area (Å²) in [6, 6.07) is 10.3. The Morgan fingerprint density at radius 1 is 1.18 bits per heavy atom. The highest BCUT2D eigenvalue weighted by Gasteiger charge is 2.23. The van der Waals surface area contributed by atoms with Crippen molar-refractivity contribution in [3.63, 3.8) is 0 Å². The molecule has 124 valence electrons. The third-order valence-corrected chi connectivity index (χ3v) is 4.45. The summed E-state index contributed by atoms with van der Waals surface area (Å²) in [5, 5.41) is 10.3. The van der Waals surface area contributed by atoms with Gasteiger partial charge in [-0.15, -0.1) is 0 Å². The molecule has 0 radical (unpaired) electrons. The smallest absolute Gasteiger partial charge is 0.0900 e. The molecule has 0 aliphatic carbocycles. The van der Waals surface area contributed by atoms with Gasteiger partial charge in [0.25, 0.3) is 0 Å². The van der Waals surface area contributed by atoms with Gasteiger partial charge in [0.05, 0.1) is 18.8 Å². The Labute approximate surface area is 135 Å². The summed E-state index contributed by atoms with van der Waals surface area (Å²) in [7, 11) is 0. The lowest BCUT2D eigenvalue weighted by molar-refractivity contribution is -0.0297. The fourth-order valence-corrected chi connectivity index (χ4v) is 3.64. The Morgan fingerprint density at radius 3 is 2.41 bits per heavy atom. The zero-order valence-electron chi connectivity index (χ0n) is 14.2. The van der Waals surface area contributed by atoms with Crippen LogP contribution in [0.2, 0.25) is 0 Å². The number of aliphatic hydroxyl groups is 1. The molecule has 2 rings (SSSR count). The number of hydrogen-bond acceptors (Lipinski definition) is 3. The maximum absolute atomic E-state index is 10.3. The summed E-state index contributed by atoms with van der Waals surface area (Å²) < 4.78 is 5.96. The van der Waals surface area contributed by atoms with Gasteiger partial charge in [0, 0.05) is 19.6 Å². The van der Waals surface area contributed by atoms with Crippen molar-refractivity contribution < 1.29 is 9.84 Å². The maximum Gasteiger partial charge on any atom is 0.0900 e. The number of likely N-dealkylation sites (tertiary alicyclic amines) is 1. The van der Waals surface area contributed by atoms with Crippen LogP contribution in [-0.2, 0) is 4.74 Å². The Morgan fingerprint density at radius 2 is 1.82 bits per heavy atom. The minimum absolute atomic E-state index is 0.0788. The lowest BCUT2D eigenvalue weighted by Crippen LogP contribution is -2.43. The van der Waals surface area contributed by atoms with Crippen molar-refractivity contribution in [1.29, 1.82) is 0 Å². The first-order valence-corrected chi connectivity index (χ1v) is 8.65. The number of aliphatic hydroxyl groups excluding tert-OH is 1. The second-order valence-corrected chi connectivity index (χ2v) is 6.96. The van der Waals surface area contributed by atoms with Crippen LogP contribution in [0.5, 0.6) is 0 Å². The van der Waals surface area contributed by atoms with Crippen molar-refractivity contribution >= 4 is 0 Å². The number of nitrogens with zero attached hydrogens (tertiary/aromatic N) is 1. The van der Waals surface area contributed by atoms with E-state index in [-0.39, 0.29) is 6.10 Å². The van der Waals surface area contributed by atoms with E-state index in [9.17, 15) is 5.11 Å². The Kier molecular flexibility index (Phi) is 6.87. The van der Waals surface area contributed by atoms with Gasteiger partial charge in [0.1, 0.15) is 0 Å². The molecule has 3 heteroatoms. The monoisotopic (exact) mass is 305 g/mol. The van der Waals surface area contributed by atoms with Gasteiger partial charge in [0.2, 0.25) is 0 Å². The van der Waals surface area contributed by atoms with Gasteiger partial charge in [-0.3, -0.25) is 0 Å². The van der Waals surface area contributed by atoms with Crippen LogP contribution < -0.4 is 0 Å². The molecule has 22 heavy (non-hydrogen) atoms. The van der Waals surface area contributed by atoms with E-state index in [2.05, 4.69) is 37.8 Å². The third kappa shape index (κ3) is 5.38. The van der Waals surface area contributed by atoms with Gasteiger partial charge in [-0.05, 0) is 30.2 Å². The highest BCUT2D eigenvalue weighted by atomic mass is 16.5. The molecule has 1 fully saturated rings. The van der Waals surface area contributed by atoms with Crippen molar-refractivity contribution in [1.82, 2.24) is 4.90 Å². The molecule has 0 aromatic heterocycles. The van der Waals surface area contributed by atoms with Crippen molar-refractivity contribution in [3.8, 4) is 0 Å². The number of β-amino-alcohol motifs (C(OH)–C–C–N with tert-alkyl or cyclic N) is 1. The molecule has 0 bridgehead atoms. The van der Waals surface area contributed by atoms with Gasteiger partial charge >= 0.3 is 0 Å². The molecule has 0 amide bonds. The Balaban J connectivity index is 1.78. The Bertz CT molecular complexity index is 413. The molecule has 1 saturated heterocycles.